The first kappa shape index (κ1) is 55.1. The second-order valence-corrected chi connectivity index (χ2v) is 20.5. The normalized spacial score (nSPS) is 21.6. The highest BCUT2D eigenvalue weighted by Crippen LogP contribution is 2.62. The first-order chi connectivity index (χ1) is 36.8. The van der Waals surface area contributed by atoms with Crippen molar-refractivity contribution < 1.29 is 48.3 Å². The van der Waals surface area contributed by atoms with Gasteiger partial charge in [0.25, 0.3) is 0 Å². The van der Waals surface area contributed by atoms with E-state index in [-0.39, 0.29) is 69.8 Å². The molecule has 1 fully saturated rings. The number of unbranched alkanes of at least 4 members (excludes halogenated alkanes) is 10. The summed E-state index contributed by atoms with van der Waals surface area (Å²) in [5.41, 5.74) is 5.26. The Labute approximate surface area is 444 Å². The van der Waals surface area contributed by atoms with Crippen LogP contribution in [0.25, 0.3) is 0 Å². The molecule has 0 spiro atoms. The van der Waals surface area contributed by atoms with Crippen LogP contribution in [0.3, 0.4) is 0 Å². The highest BCUT2D eigenvalue weighted by atomic mass is 16.7. The molecule has 4 aromatic carbocycles. The molecule has 0 aromatic heterocycles. The van der Waals surface area contributed by atoms with Gasteiger partial charge in [0, 0.05) is 50.6 Å². The third-order valence-electron chi connectivity index (χ3n) is 15.4. The Morgan fingerprint density at radius 1 is 0.787 bits per heavy atom. The number of rotatable bonds is 30. The number of aliphatic hydroxyl groups excluding tert-OH is 2. The van der Waals surface area contributed by atoms with E-state index in [2.05, 4.69) is 24.9 Å². The van der Waals surface area contributed by atoms with E-state index in [1.165, 1.54) is 32.1 Å². The maximum Gasteiger partial charge on any atom is 0.412 e. The van der Waals surface area contributed by atoms with E-state index in [0.717, 1.165) is 79.2 Å². The molecule has 0 unspecified atom stereocenters. The third kappa shape index (κ3) is 14.2. The van der Waals surface area contributed by atoms with E-state index < -0.39 is 23.8 Å². The Hall–Kier alpha value is -6.15. The van der Waals surface area contributed by atoms with Crippen molar-refractivity contribution >= 4 is 17.7 Å². The molecule has 4 aromatic rings. The van der Waals surface area contributed by atoms with Crippen LogP contribution in [0.2, 0.25) is 0 Å². The van der Waals surface area contributed by atoms with Crippen LogP contribution in [-0.4, -0.2) is 71.3 Å². The zero-order valence-electron chi connectivity index (χ0n) is 44.0. The summed E-state index contributed by atoms with van der Waals surface area (Å²) in [5.74, 6) is -0.141. The Bertz CT molecular complexity index is 2520. The quantitative estimate of drug-likeness (QED) is 0.0261. The van der Waals surface area contributed by atoms with Crippen LogP contribution in [0.5, 0.6) is 23.0 Å². The first-order valence-corrected chi connectivity index (χ1v) is 27.8. The number of aliphatic hydroxyl groups is 2. The maximum absolute atomic E-state index is 15.5. The van der Waals surface area contributed by atoms with Crippen LogP contribution in [0, 0.1) is 17.8 Å². The van der Waals surface area contributed by atoms with Crippen LogP contribution in [0.15, 0.2) is 127 Å². The predicted molar refractivity (Wildman–Crippen MR) is 290 cm³/mol. The number of ether oxygens (including phenoxy) is 5. The zero-order chi connectivity index (χ0) is 52.2. The minimum Gasteiger partial charge on any atom is -0.459 e. The van der Waals surface area contributed by atoms with Crippen molar-refractivity contribution in [1.29, 1.82) is 0 Å². The van der Waals surface area contributed by atoms with Crippen LogP contribution < -0.4 is 24.3 Å². The largest absolute Gasteiger partial charge is 0.459 e. The Morgan fingerprint density at radius 3 is 2.21 bits per heavy atom. The van der Waals surface area contributed by atoms with E-state index in [1.807, 2.05) is 95.9 Å². The molecule has 13 heteroatoms. The molecule has 2 aliphatic heterocycles. The first-order valence-electron chi connectivity index (χ1n) is 27.8. The minimum atomic E-state index is -1.47. The van der Waals surface area contributed by atoms with Gasteiger partial charge in [-0.3, -0.25) is 4.79 Å². The lowest BCUT2D eigenvalue weighted by atomic mass is 9.55. The summed E-state index contributed by atoms with van der Waals surface area (Å²) in [7, 11) is 0. The topological polar surface area (TPSA) is 158 Å². The van der Waals surface area contributed by atoms with Gasteiger partial charge in [-0.25, -0.2) is 4.79 Å². The summed E-state index contributed by atoms with van der Waals surface area (Å²) in [6.45, 7) is 7.53. The van der Waals surface area contributed by atoms with E-state index in [0.29, 0.717) is 54.5 Å². The summed E-state index contributed by atoms with van der Waals surface area (Å²) < 4.78 is 32.5. The van der Waals surface area contributed by atoms with E-state index in [1.54, 1.807) is 12.1 Å². The van der Waals surface area contributed by atoms with Crippen molar-refractivity contribution in [2.75, 3.05) is 26.6 Å². The van der Waals surface area contributed by atoms with Gasteiger partial charge in [0.2, 0.25) is 18.5 Å². The molecule has 2 heterocycles. The molecule has 75 heavy (non-hydrogen) atoms. The molecule has 0 saturated heterocycles. The molecule has 8 rings (SSSR count). The molecule has 13 nitrogen and oxygen atoms in total. The standard InChI is InChI=1S/C62H79N3O10/c1-3-5-6-7-8-9-10-11-18-29-58(68)65(42-47-30-32-55-56(37-47)71-44-70-55)57-40-53(64-73-43-46-25-16-13-17-26-46)51-38-48(27-19-21-34-66)50(28-20-22-35-67)59-52-39-49(74-61(69)63-41-45-23-14-12-15-24-45)31-33-54(52)75-62(57,60(51)59)72-36-4-2/h4,12-17,23-26,30-33,37-39,48,50,57,59-60,66-67H,2-3,5-11,18-22,27-29,34-36,40-44H2,1H3,(H,63,69)/t48-,50+,57-,59+,60+,62+/m0/s1. The number of allylic oxidation sites excluding steroid dienone is 1. The fraction of sp³-hybridized carbons (Fsp3) is 0.500. The summed E-state index contributed by atoms with van der Waals surface area (Å²) >= 11 is 0. The number of hydrogen-bond donors (Lipinski definition) is 3. The Morgan fingerprint density at radius 2 is 1.48 bits per heavy atom. The maximum atomic E-state index is 15.5. The molecule has 402 valence electrons. The summed E-state index contributed by atoms with van der Waals surface area (Å²) in [4.78, 5) is 37.3. The number of carbonyl (C=O) groups is 2. The minimum absolute atomic E-state index is 0.0159. The molecular weight excluding hydrogens is 947 g/mol. The molecule has 3 N–H and O–H groups in total. The zero-order valence-corrected chi connectivity index (χ0v) is 44.0. The fourth-order valence-corrected chi connectivity index (χ4v) is 11.7. The molecule has 2 aliphatic carbocycles. The van der Waals surface area contributed by atoms with Crippen molar-refractivity contribution in [3.63, 3.8) is 0 Å². The van der Waals surface area contributed by atoms with Crippen LogP contribution in [-0.2, 0) is 34.1 Å². The number of carbonyl (C=O) groups excluding carboxylic acids is 2. The number of fused-ring (bicyclic) bond motifs is 3. The average Bonchev–Trinajstić information content (AvgIpc) is 3.93. The number of nitrogens with zero attached hydrogens (tertiary/aromatic N) is 2. The number of hydrogen-bond acceptors (Lipinski definition) is 11. The van der Waals surface area contributed by atoms with Crippen LogP contribution >= 0.6 is 0 Å². The number of benzene rings is 4. The molecule has 4 aliphatic rings. The smallest absolute Gasteiger partial charge is 0.412 e. The fourth-order valence-electron chi connectivity index (χ4n) is 11.7. The highest BCUT2D eigenvalue weighted by molar-refractivity contribution is 6.03. The highest BCUT2D eigenvalue weighted by Gasteiger charge is 2.65. The monoisotopic (exact) mass is 1030 g/mol. The molecule has 6 atom stereocenters. The van der Waals surface area contributed by atoms with Gasteiger partial charge in [-0.2, -0.15) is 0 Å². The Balaban J connectivity index is 1.24. The molecule has 1 saturated carbocycles. The van der Waals surface area contributed by atoms with Gasteiger partial charge in [0.15, 0.2) is 11.5 Å². The van der Waals surface area contributed by atoms with Gasteiger partial charge in [0.05, 0.1) is 18.2 Å². The summed E-state index contributed by atoms with van der Waals surface area (Å²) in [6, 6.07) is 30.3. The number of amides is 2. The van der Waals surface area contributed by atoms with Crippen molar-refractivity contribution in [1.82, 2.24) is 10.2 Å². The lowest BCUT2D eigenvalue weighted by molar-refractivity contribution is -0.258. The SMILES string of the molecule is C=CCO[C@@]12Oc3ccc(OC(=O)NCc4ccccc4)cc3[C@H]3[C@H](CCCCO)[C@@H](CCCCO)C=C(C(=NOCc4ccccc4)C[C@@H]1N(Cc1ccc4c(c1)OCO4)C(=O)CCCCCCCCCCC)[C@H]32. The molecule has 2 amide bonds. The van der Waals surface area contributed by atoms with Crippen molar-refractivity contribution in [2.45, 2.75) is 154 Å². The molecule has 0 bridgehead atoms. The number of nitrogens with one attached hydrogen (secondary N) is 1. The van der Waals surface area contributed by atoms with Crippen molar-refractivity contribution in [3.8, 4) is 23.0 Å². The van der Waals surface area contributed by atoms with Crippen LogP contribution in [0.1, 0.15) is 144 Å². The average molecular weight is 1030 g/mol. The third-order valence-corrected chi connectivity index (χ3v) is 15.4. The van der Waals surface area contributed by atoms with Crippen molar-refractivity contribution in [3.05, 3.63) is 144 Å². The predicted octanol–water partition coefficient (Wildman–Crippen LogP) is 12.5. The van der Waals surface area contributed by atoms with Crippen molar-refractivity contribution in [2.24, 2.45) is 22.9 Å². The summed E-state index contributed by atoms with van der Waals surface area (Å²) in [6.07, 6.45) is 18.6. The lowest BCUT2D eigenvalue weighted by Gasteiger charge is -2.60. The van der Waals surface area contributed by atoms with Gasteiger partial charge >= 0.3 is 6.09 Å². The second-order valence-electron chi connectivity index (χ2n) is 20.5. The summed E-state index contributed by atoms with van der Waals surface area (Å²) in [5, 5.41) is 28.2. The van der Waals surface area contributed by atoms with Gasteiger partial charge in [0.1, 0.15) is 24.1 Å². The van der Waals surface area contributed by atoms with E-state index >= 15 is 4.79 Å². The lowest BCUT2D eigenvalue weighted by Crippen LogP contribution is -2.70. The van der Waals surface area contributed by atoms with Gasteiger partial charge in [-0.05, 0) is 96.5 Å². The van der Waals surface area contributed by atoms with Gasteiger partial charge < -0.3 is 49.0 Å². The molecule has 0 radical (unpaired) electrons. The van der Waals surface area contributed by atoms with Crippen LogP contribution in [0.4, 0.5) is 4.79 Å². The van der Waals surface area contributed by atoms with Gasteiger partial charge in [-0.1, -0.05) is 155 Å². The molecular formula is C62H79N3O10. The van der Waals surface area contributed by atoms with E-state index in [4.69, 9.17) is 33.7 Å². The van der Waals surface area contributed by atoms with E-state index in [9.17, 15) is 15.0 Å². The Kier molecular flexibility index (Phi) is 20.7. The number of oxime groups is 1. The second kappa shape index (κ2) is 28.1. The van der Waals surface area contributed by atoms with Gasteiger partial charge in [-0.15, -0.1) is 6.58 Å².